The number of nitrogens with zero attached hydrogens (tertiary/aromatic N) is 5. The van der Waals surface area contributed by atoms with Gasteiger partial charge in [-0.25, -0.2) is 19.3 Å². The molecule has 3 aromatic rings. The van der Waals surface area contributed by atoms with E-state index in [0.717, 1.165) is 42.5 Å². The van der Waals surface area contributed by atoms with Gasteiger partial charge in [0, 0.05) is 31.7 Å². The first-order valence-corrected chi connectivity index (χ1v) is 13.7. The lowest BCUT2D eigenvalue weighted by Crippen LogP contribution is -2.36. The number of pyridine rings is 1. The maximum atomic E-state index is 14.6. The second-order valence-corrected chi connectivity index (χ2v) is 10.9. The molecule has 3 N–H and O–H groups in total. The Hall–Kier alpha value is -3.53. The Morgan fingerprint density at radius 1 is 1.05 bits per heavy atom. The molecule has 3 aromatic heterocycles. The molecule has 2 saturated heterocycles. The van der Waals surface area contributed by atoms with Gasteiger partial charge >= 0.3 is 0 Å². The minimum Gasteiger partial charge on any atom is -0.370 e. The molecule has 0 saturated carbocycles. The summed E-state index contributed by atoms with van der Waals surface area (Å²) in [6, 6.07) is 5.61. The fourth-order valence-electron chi connectivity index (χ4n) is 5.99. The lowest BCUT2D eigenvalue weighted by Gasteiger charge is -2.36. The highest BCUT2D eigenvalue weighted by Gasteiger charge is 2.25. The number of halogens is 1. The molecule has 0 atom stereocenters. The number of fused-ring (bicyclic) bond motifs is 1. The van der Waals surface area contributed by atoms with Gasteiger partial charge in [0.05, 0.1) is 29.3 Å². The molecule has 0 unspecified atom stereocenters. The first kappa shape index (κ1) is 24.8. The van der Waals surface area contributed by atoms with Gasteiger partial charge < -0.3 is 25.4 Å². The molecule has 6 heterocycles. The van der Waals surface area contributed by atoms with Crippen LogP contribution in [-0.4, -0.2) is 70.5 Å². The summed E-state index contributed by atoms with van der Waals surface area (Å²) >= 11 is 0. The SMILES string of the molecule is CN1CCC(CC2CCN(c3ccc(Nc4ncc(F)c(-c5cc6c([nH]5)CCNC6=O)n4)nc3)CC2)CC1. The monoisotopic (exact) mass is 518 g/mol. The number of hydrogen-bond acceptors (Lipinski definition) is 7. The number of aromatic nitrogens is 4. The van der Waals surface area contributed by atoms with Crippen molar-refractivity contribution in [3.63, 3.8) is 0 Å². The van der Waals surface area contributed by atoms with Crippen molar-refractivity contribution in [3.05, 3.63) is 47.7 Å². The number of likely N-dealkylation sites (tertiary alicyclic amines) is 1. The molecular weight excluding hydrogens is 483 g/mol. The van der Waals surface area contributed by atoms with Crippen molar-refractivity contribution in [2.24, 2.45) is 11.8 Å². The maximum absolute atomic E-state index is 14.6. The van der Waals surface area contributed by atoms with Crippen molar-refractivity contribution in [1.82, 2.24) is 30.2 Å². The van der Waals surface area contributed by atoms with E-state index in [4.69, 9.17) is 0 Å². The molecule has 38 heavy (non-hydrogen) atoms. The smallest absolute Gasteiger partial charge is 0.253 e. The van der Waals surface area contributed by atoms with E-state index >= 15 is 0 Å². The largest absolute Gasteiger partial charge is 0.370 e. The summed E-state index contributed by atoms with van der Waals surface area (Å²) in [5.41, 5.74) is 3.01. The number of nitrogens with one attached hydrogen (secondary N) is 3. The number of piperidine rings is 2. The second-order valence-electron chi connectivity index (χ2n) is 10.9. The van der Waals surface area contributed by atoms with E-state index in [0.29, 0.717) is 30.0 Å². The van der Waals surface area contributed by atoms with Crippen molar-refractivity contribution in [3.8, 4) is 11.4 Å². The molecule has 3 aliphatic heterocycles. The number of anilines is 3. The van der Waals surface area contributed by atoms with Crippen LogP contribution in [0.25, 0.3) is 11.4 Å². The van der Waals surface area contributed by atoms with Gasteiger partial charge in [0.2, 0.25) is 5.95 Å². The highest BCUT2D eigenvalue weighted by atomic mass is 19.1. The minimum absolute atomic E-state index is 0.115. The van der Waals surface area contributed by atoms with Crippen LogP contribution < -0.4 is 15.5 Å². The summed E-state index contributed by atoms with van der Waals surface area (Å²) in [7, 11) is 2.23. The molecule has 0 radical (unpaired) electrons. The molecule has 9 nitrogen and oxygen atoms in total. The van der Waals surface area contributed by atoms with Crippen LogP contribution in [0.2, 0.25) is 0 Å². The van der Waals surface area contributed by atoms with Crippen LogP contribution in [-0.2, 0) is 6.42 Å². The van der Waals surface area contributed by atoms with Crippen LogP contribution in [0.4, 0.5) is 21.8 Å². The first-order chi connectivity index (χ1) is 18.5. The topological polar surface area (TPSA) is 102 Å². The van der Waals surface area contributed by atoms with Gasteiger partial charge in [-0.2, -0.15) is 0 Å². The van der Waals surface area contributed by atoms with E-state index < -0.39 is 5.82 Å². The lowest BCUT2D eigenvalue weighted by atomic mass is 9.83. The van der Waals surface area contributed by atoms with Crippen LogP contribution in [0.3, 0.4) is 0 Å². The number of carbonyl (C=O) groups excluding carboxylic acids is 1. The molecule has 200 valence electrons. The highest BCUT2D eigenvalue weighted by molar-refractivity contribution is 5.97. The van der Waals surface area contributed by atoms with E-state index in [-0.39, 0.29) is 17.5 Å². The van der Waals surface area contributed by atoms with Crippen LogP contribution in [0.5, 0.6) is 0 Å². The summed E-state index contributed by atoms with van der Waals surface area (Å²) in [6.07, 6.45) is 10.2. The highest BCUT2D eigenvalue weighted by Crippen LogP contribution is 2.31. The van der Waals surface area contributed by atoms with Gasteiger partial charge in [-0.05, 0) is 82.3 Å². The third-order valence-electron chi connectivity index (χ3n) is 8.28. The molecule has 3 aliphatic rings. The molecule has 0 bridgehead atoms. The van der Waals surface area contributed by atoms with Gasteiger partial charge in [-0.3, -0.25) is 4.79 Å². The Morgan fingerprint density at radius 2 is 1.82 bits per heavy atom. The minimum atomic E-state index is -0.558. The fourth-order valence-corrected chi connectivity index (χ4v) is 5.99. The summed E-state index contributed by atoms with van der Waals surface area (Å²) in [5.74, 6) is 1.84. The first-order valence-electron chi connectivity index (χ1n) is 13.7. The average molecular weight is 519 g/mol. The Kier molecular flexibility index (Phi) is 6.97. The Morgan fingerprint density at radius 3 is 2.53 bits per heavy atom. The summed E-state index contributed by atoms with van der Waals surface area (Å²) in [6.45, 7) is 5.17. The number of carbonyl (C=O) groups is 1. The molecule has 10 heteroatoms. The van der Waals surface area contributed by atoms with E-state index in [1.165, 1.54) is 45.2 Å². The van der Waals surface area contributed by atoms with E-state index in [9.17, 15) is 9.18 Å². The zero-order valence-corrected chi connectivity index (χ0v) is 21.8. The van der Waals surface area contributed by atoms with Gasteiger partial charge in [-0.15, -0.1) is 0 Å². The summed E-state index contributed by atoms with van der Waals surface area (Å²) in [4.78, 5) is 33.1. The quantitative estimate of drug-likeness (QED) is 0.454. The molecular formula is C28H35FN8O. The van der Waals surface area contributed by atoms with Crippen molar-refractivity contribution < 1.29 is 9.18 Å². The molecule has 0 aliphatic carbocycles. The number of amides is 1. The average Bonchev–Trinajstić information content (AvgIpc) is 3.38. The fraction of sp³-hybridized carbons (Fsp3) is 0.500. The summed E-state index contributed by atoms with van der Waals surface area (Å²) in [5, 5.41) is 5.88. The number of hydrogen-bond donors (Lipinski definition) is 3. The van der Waals surface area contributed by atoms with Crippen molar-refractivity contribution in [2.75, 3.05) is 50.0 Å². The zero-order chi connectivity index (χ0) is 26.1. The molecule has 0 spiro atoms. The maximum Gasteiger partial charge on any atom is 0.253 e. The lowest BCUT2D eigenvalue weighted by molar-refractivity contribution is 0.0946. The summed E-state index contributed by atoms with van der Waals surface area (Å²) < 4.78 is 14.6. The van der Waals surface area contributed by atoms with E-state index in [2.05, 4.69) is 53.5 Å². The van der Waals surface area contributed by atoms with Crippen LogP contribution in [0.15, 0.2) is 30.6 Å². The third kappa shape index (κ3) is 5.36. The van der Waals surface area contributed by atoms with Crippen molar-refractivity contribution >= 4 is 23.4 Å². The molecule has 1 amide bonds. The molecule has 2 fully saturated rings. The number of rotatable bonds is 6. The van der Waals surface area contributed by atoms with Crippen LogP contribution in [0, 0.1) is 17.7 Å². The zero-order valence-electron chi connectivity index (χ0n) is 21.8. The van der Waals surface area contributed by atoms with Crippen LogP contribution in [0.1, 0.15) is 48.2 Å². The van der Waals surface area contributed by atoms with Crippen LogP contribution >= 0.6 is 0 Å². The number of H-pyrrole nitrogens is 1. The molecule has 6 rings (SSSR count). The van der Waals surface area contributed by atoms with E-state index in [1.807, 2.05) is 12.3 Å². The van der Waals surface area contributed by atoms with Crippen molar-refractivity contribution in [1.29, 1.82) is 0 Å². The second kappa shape index (κ2) is 10.7. The van der Waals surface area contributed by atoms with Gasteiger partial charge in [0.25, 0.3) is 5.91 Å². The van der Waals surface area contributed by atoms with Gasteiger partial charge in [-0.1, -0.05) is 0 Å². The standard InChI is InChI=1S/C28H35FN8O/c1-36-10-5-18(6-11-36)14-19-7-12-37(13-8-19)20-2-3-25(31-16-20)34-28-32-17-22(29)26(35-28)24-15-21-23(33-24)4-9-30-27(21)38/h2-3,15-19,33H,4-14H2,1H3,(H,30,38)(H,31,32,34,35). The van der Waals surface area contributed by atoms with Crippen molar-refractivity contribution in [2.45, 2.75) is 38.5 Å². The van der Waals surface area contributed by atoms with Gasteiger partial charge in [0.1, 0.15) is 11.5 Å². The third-order valence-corrected chi connectivity index (χ3v) is 8.28. The number of aromatic amines is 1. The normalized spacial score (nSPS) is 19.3. The van der Waals surface area contributed by atoms with Gasteiger partial charge in [0.15, 0.2) is 5.82 Å². The Labute approximate surface area is 222 Å². The Bertz CT molecular complexity index is 1280. The molecule has 0 aromatic carbocycles. The predicted octanol–water partition coefficient (Wildman–Crippen LogP) is 3.98. The van der Waals surface area contributed by atoms with E-state index in [1.54, 1.807) is 6.07 Å². The predicted molar refractivity (Wildman–Crippen MR) is 145 cm³/mol. The Balaban J connectivity index is 1.06.